The summed E-state index contributed by atoms with van der Waals surface area (Å²) in [6, 6.07) is 10.8. The second kappa shape index (κ2) is 7.21. The first-order valence-electron chi connectivity index (χ1n) is 7.99. The second-order valence-electron chi connectivity index (χ2n) is 5.51. The highest BCUT2D eigenvalue weighted by Gasteiger charge is 2.16. The molecule has 0 fully saturated rings. The average molecular weight is 340 g/mol. The lowest BCUT2D eigenvalue weighted by Crippen LogP contribution is -2.05. The van der Waals surface area contributed by atoms with Crippen molar-refractivity contribution < 1.29 is 14.6 Å². The maximum Gasteiger partial charge on any atom is 0.138 e. The zero-order chi connectivity index (χ0) is 17.8. The van der Waals surface area contributed by atoms with E-state index >= 15 is 0 Å². The van der Waals surface area contributed by atoms with Crippen LogP contribution in [0.5, 0.6) is 17.2 Å². The van der Waals surface area contributed by atoms with Gasteiger partial charge in [-0.05, 0) is 38.1 Å². The first kappa shape index (κ1) is 16.8. The summed E-state index contributed by atoms with van der Waals surface area (Å²) in [4.78, 5) is 4.37. The third-order valence-corrected chi connectivity index (χ3v) is 3.74. The molecule has 7 heteroatoms. The fourth-order valence-corrected chi connectivity index (χ4v) is 2.40. The summed E-state index contributed by atoms with van der Waals surface area (Å²) >= 11 is 0. The molecule has 0 amide bonds. The SMILES string of the molecule is CCOc1cccc(OCc2c(-c3ccc(O)c(C)n3)nnn2C)c1. The van der Waals surface area contributed by atoms with Crippen LogP contribution in [0.3, 0.4) is 0 Å². The van der Waals surface area contributed by atoms with Gasteiger partial charge < -0.3 is 14.6 Å². The van der Waals surface area contributed by atoms with Crippen molar-refractivity contribution in [3.63, 3.8) is 0 Å². The lowest BCUT2D eigenvalue weighted by atomic mass is 10.2. The minimum atomic E-state index is 0.151. The Bertz CT molecular complexity index is 877. The molecule has 0 aliphatic carbocycles. The van der Waals surface area contributed by atoms with E-state index in [1.54, 1.807) is 30.8 Å². The number of hydrogen-bond donors (Lipinski definition) is 1. The van der Waals surface area contributed by atoms with Gasteiger partial charge in [-0.25, -0.2) is 9.67 Å². The number of benzene rings is 1. The van der Waals surface area contributed by atoms with Gasteiger partial charge in [0, 0.05) is 13.1 Å². The van der Waals surface area contributed by atoms with Gasteiger partial charge in [-0.3, -0.25) is 0 Å². The third kappa shape index (κ3) is 3.71. The van der Waals surface area contributed by atoms with E-state index in [1.807, 2.05) is 31.2 Å². The molecule has 0 aliphatic rings. The molecular formula is C18H20N4O3. The second-order valence-corrected chi connectivity index (χ2v) is 5.51. The van der Waals surface area contributed by atoms with Gasteiger partial charge in [0.1, 0.15) is 35.2 Å². The van der Waals surface area contributed by atoms with E-state index in [1.165, 1.54) is 0 Å². The largest absolute Gasteiger partial charge is 0.506 e. The van der Waals surface area contributed by atoms with Crippen LogP contribution in [0.1, 0.15) is 18.3 Å². The van der Waals surface area contributed by atoms with E-state index in [-0.39, 0.29) is 12.4 Å². The minimum absolute atomic E-state index is 0.151. The molecule has 0 spiro atoms. The van der Waals surface area contributed by atoms with Gasteiger partial charge in [0.25, 0.3) is 0 Å². The number of ether oxygens (including phenoxy) is 2. The summed E-state index contributed by atoms with van der Waals surface area (Å²) in [5, 5.41) is 17.9. The lowest BCUT2D eigenvalue weighted by Gasteiger charge is -2.10. The molecule has 0 saturated carbocycles. The van der Waals surface area contributed by atoms with Crippen LogP contribution in [0.4, 0.5) is 0 Å². The summed E-state index contributed by atoms with van der Waals surface area (Å²) in [6.45, 7) is 4.57. The van der Waals surface area contributed by atoms with E-state index in [2.05, 4.69) is 15.3 Å². The van der Waals surface area contributed by atoms with Gasteiger partial charge in [-0.15, -0.1) is 5.10 Å². The van der Waals surface area contributed by atoms with Gasteiger partial charge in [0.15, 0.2) is 0 Å². The maximum atomic E-state index is 9.65. The third-order valence-electron chi connectivity index (χ3n) is 3.74. The summed E-state index contributed by atoms with van der Waals surface area (Å²) in [7, 11) is 1.80. The summed E-state index contributed by atoms with van der Waals surface area (Å²) in [5.41, 5.74) is 2.61. The Hall–Kier alpha value is -3.09. The van der Waals surface area contributed by atoms with Gasteiger partial charge in [-0.2, -0.15) is 0 Å². The number of hydrogen-bond acceptors (Lipinski definition) is 6. The number of nitrogens with zero attached hydrogens (tertiary/aromatic N) is 4. The fraction of sp³-hybridized carbons (Fsp3) is 0.278. The van der Waals surface area contributed by atoms with Crippen LogP contribution in [-0.2, 0) is 13.7 Å². The van der Waals surface area contributed by atoms with Crippen LogP contribution < -0.4 is 9.47 Å². The van der Waals surface area contributed by atoms with Gasteiger partial charge in [-0.1, -0.05) is 11.3 Å². The van der Waals surface area contributed by atoms with E-state index < -0.39 is 0 Å². The first-order valence-corrected chi connectivity index (χ1v) is 7.99. The maximum absolute atomic E-state index is 9.65. The molecule has 0 bridgehead atoms. The fourth-order valence-electron chi connectivity index (χ4n) is 2.40. The average Bonchev–Trinajstić information content (AvgIpc) is 2.97. The van der Waals surface area contributed by atoms with Crippen LogP contribution in [0, 0.1) is 6.92 Å². The molecule has 3 aromatic rings. The molecule has 0 saturated heterocycles. The Morgan fingerprint density at radius 2 is 1.88 bits per heavy atom. The van der Waals surface area contributed by atoms with Crippen molar-refractivity contribution in [2.75, 3.05) is 6.61 Å². The Kier molecular flexibility index (Phi) is 4.83. The molecule has 130 valence electrons. The number of aromatic nitrogens is 4. The molecule has 2 aromatic heterocycles. The minimum Gasteiger partial charge on any atom is -0.506 e. The summed E-state index contributed by atoms with van der Waals surface area (Å²) in [5.74, 6) is 1.62. The van der Waals surface area contributed by atoms with Gasteiger partial charge in [0.2, 0.25) is 0 Å². The molecule has 3 rings (SSSR count). The van der Waals surface area contributed by atoms with Crippen LogP contribution in [0.2, 0.25) is 0 Å². The molecule has 1 N–H and O–H groups in total. The van der Waals surface area contributed by atoms with Crippen molar-refractivity contribution in [2.24, 2.45) is 7.05 Å². The monoisotopic (exact) mass is 340 g/mol. The summed E-state index contributed by atoms with van der Waals surface area (Å²) < 4.78 is 13.0. The van der Waals surface area contributed by atoms with Crippen molar-refractivity contribution in [2.45, 2.75) is 20.5 Å². The number of pyridine rings is 1. The van der Waals surface area contributed by atoms with Crippen molar-refractivity contribution in [1.29, 1.82) is 0 Å². The lowest BCUT2D eigenvalue weighted by molar-refractivity contribution is 0.290. The van der Waals surface area contributed by atoms with E-state index in [9.17, 15) is 5.11 Å². The van der Waals surface area contributed by atoms with Crippen LogP contribution in [-0.4, -0.2) is 31.7 Å². The predicted molar refractivity (Wildman–Crippen MR) is 92.6 cm³/mol. The molecule has 1 aromatic carbocycles. The van der Waals surface area contributed by atoms with E-state index in [0.29, 0.717) is 29.4 Å². The highest BCUT2D eigenvalue weighted by Crippen LogP contribution is 2.25. The number of aromatic hydroxyl groups is 1. The van der Waals surface area contributed by atoms with E-state index in [4.69, 9.17) is 9.47 Å². The van der Waals surface area contributed by atoms with Gasteiger partial charge >= 0.3 is 0 Å². The molecule has 0 radical (unpaired) electrons. The Morgan fingerprint density at radius 3 is 2.60 bits per heavy atom. The highest BCUT2D eigenvalue weighted by atomic mass is 16.5. The molecule has 25 heavy (non-hydrogen) atoms. The molecule has 7 nitrogen and oxygen atoms in total. The van der Waals surface area contributed by atoms with Crippen LogP contribution in [0.25, 0.3) is 11.4 Å². The predicted octanol–water partition coefficient (Wildman–Crippen LogP) is 2.87. The Morgan fingerprint density at radius 1 is 1.12 bits per heavy atom. The topological polar surface area (TPSA) is 82.3 Å². The quantitative estimate of drug-likeness (QED) is 0.743. The molecule has 0 unspecified atom stereocenters. The smallest absolute Gasteiger partial charge is 0.138 e. The molecule has 0 atom stereocenters. The zero-order valence-corrected chi connectivity index (χ0v) is 14.4. The first-order chi connectivity index (χ1) is 12.1. The highest BCUT2D eigenvalue weighted by molar-refractivity contribution is 5.58. The molecule has 0 aliphatic heterocycles. The van der Waals surface area contributed by atoms with Crippen LogP contribution in [0.15, 0.2) is 36.4 Å². The van der Waals surface area contributed by atoms with Crippen molar-refractivity contribution in [3.05, 3.63) is 47.8 Å². The van der Waals surface area contributed by atoms with Crippen molar-refractivity contribution >= 4 is 0 Å². The zero-order valence-electron chi connectivity index (χ0n) is 14.4. The standard InChI is InChI=1S/C18H20N4O3/c1-4-24-13-6-5-7-14(10-13)25-11-16-18(20-21-22(16)3)15-8-9-17(23)12(2)19-15/h5-10,23H,4,11H2,1-3H3. The van der Waals surface area contributed by atoms with Crippen LogP contribution >= 0.6 is 0 Å². The van der Waals surface area contributed by atoms with E-state index in [0.717, 1.165) is 11.4 Å². The normalized spacial score (nSPS) is 10.7. The number of rotatable bonds is 6. The van der Waals surface area contributed by atoms with Gasteiger partial charge in [0.05, 0.1) is 18.0 Å². The Labute approximate surface area is 145 Å². The molecular weight excluding hydrogens is 320 g/mol. The number of aryl methyl sites for hydroxylation is 2. The van der Waals surface area contributed by atoms with Crippen molar-refractivity contribution in [1.82, 2.24) is 20.0 Å². The van der Waals surface area contributed by atoms with Crippen molar-refractivity contribution in [3.8, 4) is 28.6 Å². The summed E-state index contributed by atoms with van der Waals surface area (Å²) in [6.07, 6.45) is 0. The Balaban J connectivity index is 1.82. The molecule has 2 heterocycles.